The number of nitrogens with one attached hydrogen (secondary N) is 1. The quantitative estimate of drug-likeness (QED) is 0.368. The molecule has 0 fully saturated rings. The molecule has 0 aliphatic carbocycles. The summed E-state index contributed by atoms with van der Waals surface area (Å²) in [6, 6.07) is 21.5. The van der Waals surface area contributed by atoms with Gasteiger partial charge in [-0.15, -0.1) is 0 Å². The van der Waals surface area contributed by atoms with E-state index in [1.807, 2.05) is 74.5 Å². The molecule has 36 heavy (non-hydrogen) atoms. The van der Waals surface area contributed by atoms with E-state index in [-0.39, 0.29) is 12.5 Å². The number of sulfonamides is 1. The van der Waals surface area contributed by atoms with Crippen LogP contribution in [0.3, 0.4) is 0 Å². The number of carbonyl (C=O) groups excluding carboxylic acids is 2. The molecule has 0 saturated carbocycles. The van der Waals surface area contributed by atoms with Gasteiger partial charge in [-0.3, -0.25) is 13.9 Å². The summed E-state index contributed by atoms with van der Waals surface area (Å²) in [4.78, 5) is 28.4. The smallest absolute Gasteiger partial charge is 0.244 e. The fourth-order valence-electron chi connectivity index (χ4n) is 4.23. The Morgan fingerprint density at radius 2 is 1.58 bits per heavy atom. The number of fused-ring (bicyclic) bond motifs is 1. The van der Waals surface area contributed by atoms with Crippen LogP contribution >= 0.6 is 0 Å². The maximum Gasteiger partial charge on any atom is 0.244 e. The third-order valence-electron chi connectivity index (χ3n) is 6.13. The number of rotatable bonds is 12. The van der Waals surface area contributed by atoms with Crippen molar-refractivity contribution in [2.24, 2.45) is 0 Å². The number of hydrogen-bond donors (Lipinski definition) is 1. The van der Waals surface area contributed by atoms with Crippen molar-refractivity contribution in [3.63, 3.8) is 0 Å². The Labute approximate surface area is 214 Å². The lowest BCUT2D eigenvalue weighted by atomic mass is 10.1. The second kappa shape index (κ2) is 12.5. The van der Waals surface area contributed by atoms with Gasteiger partial charge in [0.2, 0.25) is 21.8 Å². The maximum atomic E-state index is 13.8. The van der Waals surface area contributed by atoms with Gasteiger partial charge in [-0.05, 0) is 29.9 Å². The van der Waals surface area contributed by atoms with Gasteiger partial charge < -0.3 is 10.2 Å². The Bertz CT molecular complexity index is 1270. The number of carbonyl (C=O) groups is 2. The van der Waals surface area contributed by atoms with Gasteiger partial charge in [-0.2, -0.15) is 0 Å². The van der Waals surface area contributed by atoms with E-state index in [1.54, 1.807) is 12.1 Å². The first kappa shape index (κ1) is 27.2. The lowest BCUT2D eigenvalue weighted by Crippen LogP contribution is -2.52. The highest BCUT2D eigenvalue weighted by molar-refractivity contribution is 7.92. The van der Waals surface area contributed by atoms with Crippen LogP contribution in [0.15, 0.2) is 72.8 Å². The molecule has 0 heterocycles. The largest absolute Gasteiger partial charge is 0.354 e. The van der Waals surface area contributed by atoms with E-state index in [0.29, 0.717) is 18.7 Å². The fourth-order valence-corrected chi connectivity index (χ4v) is 5.09. The van der Waals surface area contributed by atoms with E-state index >= 15 is 0 Å². The van der Waals surface area contributed by atoms with Gasteiger partial charge in [0.05, 0.1) is 11.9 Å². The summed E-state index contributed by atoms with van der Waals surface area (Å²) in [5.41, 5.74) is 1.30. The molecule has 0 bridgehead atoms. The van der Waals surface area contributed by atoms with Crippen LogP contribution in [0.25, 0.3) is 10.8 Å². The molecule has 3 aromatic rings. The third kappa shape index (κ3) is 6.85. The number of benzene rings is 3. The molecule has 0 aromatic heterocycles. The summed E-state index contributed by atoms with van der Waals surface area (Å²) in [5.74, 6) is -0.666. The minimum Gasteiger partial charge on any atom is -0.354 e. The SMILES string of the molecule is CCCCNC(=O)[C@H](CC)N(Cc1ccccc1)C(=O)CN(c1cccc2ccccc12)S(C)(=O)=O. The topological polar surface area (TPSA) is 86.8 Å². The van der Waals surface area contributed by atoms with E-state index in [0.717, 1.165) is 39.7 Å². The predicted octanol–water partition coefficient (Wildman–Crippen LogP) is 4.33. The van der Waals surface area contributed by atoms with Crippen molar-refractivity contribution >= 4 is 38.3 Å². The number of hydrogen-bond acceptors (Lipinski definition) is 4. The first-order valence-electron chi connectivity index (χ1n) is 12.3. The predicted molar refractivity (Wildman–Crippen MR) is 145 cm³/mol. The van der Waals surface area contributed by atoms with Crippen LogP contribution in [0, 0.1) is 0 Å². The Kier molecular flexibility index (Phi) is 9.47. The van der Waals surface area contributed by atoms with Crippen molar-refractivity contribution in [2.45, 2.75) is 45.7 Å². The van der Waals surface area contributed by atoms with Crippen LogP contribution in [0.4, 0.5) is 5.69 Å². The summed E-state index contributed by atoms with van der Waals surface area (Å²) in [6.45, 7) is 4.23. The van der Waals surface area contributed by atoms with Gasteiger partial charge in [-0.1, -0.05) is 87.0 Å². The standard InChI is InChI=1S/C28H35N3O4S/c1-4-6-19-29-28(33)25(5-2)30(20-22-13-8-7-9-14-22)27(32)21-31(36(3,34)35)26-18-12-16-23-15-10-11-17-24(23)26/h7-18,25H,4-6,19-21H2,1-3H3,(H,29,33)/t25-/m0/s1. The molecule has 7 nitrogen and oxygen atoms in total. The summed E-state index contributed by atoms with van der Waals surface area (Å²) < 4.78 is 27.0. The summed E-state index contributed by atoms with van der Waals surface area (Å²) >= 11 is 0. The molecular formula is C28H35N3O4S. The zero-order valence-corrected chi connectivity index (χ0v) is 22.0. The lowest BCUT2D eigenvalue weighted by Gasteiger charge is -2.33. The first-order valence-corrected chi connectivity index (χ1v) is 14.2. The normalized spacial score (nSPS) is 12.2. The molecular weight excluding hydrogens is 474 g/mol. The second-order valence-electron chi connectivity index (χ2n) is 8.84. The molecule has 0 aliphatic heterocycles. The average Bonchev–Trinajstić information content (AvgIpc) is 2.87. The second-order valence-corrected chi connectivity index (χ2v) is 10.8. The van der Waals surface area contributed by atoms with E-state index in [2.05, 4.69) is 5.32 Å². The molecule has 3 aromatic carbocycles. The lowest BCUT2D eigenvalue weighted by molar-refractivity contribution is -0.140. The van der Waals surface area contributed by atoms with Gasteiger partial charge >= 0.3 is 0 Å². The van der Waals surface area contributed by atoms with Gasteiger partial charge in [-0.25, -0.2) is 8.42 Å². The van der Waals surface area contributed by atoms with Crippen LogP contribution in [-0.2, 0) is 26.2 Å². The molecule has 2 amide bonds. The molecule has 0 aliphatic rings. The van der Waals surface area contributed by atoms with Crippen molar-refractivity contribution in [3.8, 4) is 0 Å². The Hall–Kier alpha value is -3.39. The molecule has 0 spiro atoms. The summed E-state index contributed by atoms with van der Waals surface area (Å²) in [5, 5.41) is 4.54. The molecule has 1 N–H and O–H groups in total. The minimum absolute atomic E-state index is 0.201. The highest BCUT2D eigenvalue weighted by atomic mass is 32.2. The number of anilines is 1. The van der Waals surface area contributed by atoms with Gasteiger partial charge in [0.1, 0.15) is 12.6 Å². The molecule has 3 rings (SSSR count). The van der Waals surface area contributed by atoms with Crippen molar-refractivity contribution < 1.29 is 18.0 Å². The van der Waals surface area contributed by atoms with Gasteiger partial charge in [0, 0.05) is 18.5 Å². The van der Waals surface area contributed by atoms with Crippen molar-refractivity contribution in [2.75, 3.05) is 23.7 Å². The molecule has 0 unspecified atom stereocenters. The highest BCUT2D eigenvalue weighted by Gasteiger charge is 2.32. The van der Waals surface area contributed by atoms with Crippen molar-refractivity contribution in [3.05, 3.63) is 78.4 Å². The molecule has 0 radical (unpaired) electrons. The molecule has 192 valence electrons. The first-order chi connectivity index (χ1) is 17.3. The Morgan fingerprint density at radius 3 is 2.25 bits per heavy atom. The number of amides is 2. The van der Waals surface area contributed by atoms with E-state index in [9.17, 15) is 18.0 Å². The average molecular weight is 510 g/mol. The highest BCUT2D eigenvalue weighted by Crippen LogP contribution is 2.28. The zero-order chi connectivity index (χ0) is 26.1. The number of unbranched alkanes of at least 4 members (excludes halogenated alkanes) is 1. The minimum atomic E-state index is -3.80. The van der Waals surface area contributed by atoms with Crippen LogP contribution < -0.4 is 9.62 Å². The summed E-state index contributed by atoms with van der Waals surface area (Å²) in [6.07, 6.45) is 3.29. The van der Waals surface area contributed by atoms with Crippen LogP contribution in [-0.4, -0.2) is 50.5 Å². The molecule has 1 atom stereocenters. The summed E-state index contributed by atoms with van der Waals surface area (Å²) in [7, 11) is -3.80. The van der Waals surface area contributed by atoms with E-state index < -0.39 is 28.5 Å². The molecule has 8 heteroatoms. The van der Waals surface area contributed by atoms with Gasteiger partial charge in [0.15, 0.2) is 0 Å². The zero-order valence-electron chi connectivity index (χ0n) is 21.2. The number of nitrogens with zero attached hydrogens (tertiary/aromatic N) is 2. The van der Waals surface area contributed by atoms with Gasteiger partial charge in [0.25, 0.3) is 0 Å². The molecule has 0 saturated heterocycles. The Morgan fingerprint density at radius 1 is 0.917 bits per heavy atom. The van der Waals surface area contributed by atoms with Crippen molar-refractivity contribution in [1.29, 1.82) is 0 Å². The van der Waals surface area contributed by atoms with E-state index in [4.69, 9.17) is 0 Å². The van der Waals surface area contributed by atoms with Crippen molar-refractivity contribution in [1.82, 2.24) is 10.2 Å². The van der Waals surface area contributed by atoms with E-state index in [1.165, 1.54) is 4.90 Å². The maximum absolute atomic E-state index is 13.8. The van der Waals surface area contributed by atoms with Crippen LogP contribution in [0.2, 0.25) is 0 Å². The van der Waals surface area contributed by atoms with Crippen LogP contribution in [0.5, 0.6) is 0 Å². The van der Waals surface area contributed by atoms with Crippen LogP contribution in [0.1, 0.15) is 38.7 Å². The fraction of sp³-hybridized carbons (Fsp3) is 0.357. The Balaban J connectivity index is 1.97. The third-order valence-corrected chi connectivity index (χ3v) is 7.25. The monoisotopic (exact) mass is 509 g/mol.